The van der Waals surface area contributed by atoms with Gasteiger partial charge in [-0.1, -0.05) is 60.7 Å². The Bertz CT molecular complexity index is 1810. The Morgan fingerprint density at radius 1 is 0.568 bits per heavy atom. The van der Waals surface area contributed by atoms with Crippen molar-refractivity contribution in [2.45, 2.75) is 0 Å². The Labute approximate surface area is 264 Å². The number of aromatic amines is 2. The van der Waals surface area contributed by atoms with E-state index in [1.54, 1.807) is 36.0 Å². The molecule has 6 rings (SSSR count). The van der Waals surface area contributed by atoms with Crippen molar-refractivity contribution in [1.29, 1.82) is 0 Å². The molecule has 0 fully saturated rings. The van der Waals surface area contributed by atoms with E-state index < -0.39 is 0 Å². The molecule has 0 saturated carbocycles. The summed E-state index contributed by atoms with van der Waals surface area (Å²) in [5.74, 6) is 2.88. The van der Waals surface area contributed by atoms with E-state index in [0.29, 0.717) is 21.2 Å². The molecule has 0 bridgehead atoms. The number of H-pyrrole nitrogens is 2. The van der Waals surface area contributed by atoms with E-state index in [-0.39, 0.29) is 0 Å². The van der Waals surface area contributed by atoms with Gasteiger partial charge in [-0.2, -0.15) is 29.8 Å². The van der Waals surface area contributed by atoms with Crippen LogP contribution in [-0.4, -0.2) is 56.4 Å². The molecule has 0 saturated heterocycles. The number of rotatable bonds is 8. The van der Waals surface area contributed by atoms with Crippen molar-refractivity contribution in [3.63, 3.8) is 0 Å². The molecule has 0 aliphatic carbocycles. The molecular formula is C32H28N8O2S2. The van der Waals surface area contributed by atoms with Crippen molar-refractivity contribution in [2.24, 2.45) is 10.2 Å². The fourth-order valence-electron chi connectivity index (χ4n) is 3.98. The van der Waals surface area contributed by atoms with Crippen molar-refractivity contribution in [3.8, 4) is 34.3 Å². The Kier molecular flexibility index (Phi) is 9.98. The summed E-state index contributed by atoms with van der Waals surface area (Å²) in [7, 11) is 3.27. The van der Waals surface area contributed by atoms with Gasteiger partial charge in [0.05, 0.1) is 26.6 Å². The smallest absolute Gasteiger partial charge is 0.216 e. The zero-order valence-corrected chi connectivity index (χ0v) is 25.5. The lowest BCUT2D eigenvalue weighted by Crippen LogP contribution is -1.95. The molecule has 2 N–H and O–H groups in total. The number of aromatic nitrogens is 6. The quantitative estimate of drug-likeness (QED) is 0.140. The number of methoxy groups -OCH3 is 2. The van der Waals surface area contributed by atoms with Gasteiger partial charge in [0.2, 0.25) is 9.54 Å². The van der Waals surface area contributed by atoms with Crippen LogP contribution in [0.4, 0.5) is 0 Å². The largest absolute Gasteiger partial charge is 0.497 e. The van der Waals surface area contributed by atoms with Crippen LogP contribution in [0.15, 0.2) is 119 Å². The van der Waals surface area contributed by atoms with Crippen molar-refractivity contribution in [1.82, 2.24) is 29.7 Å². The summed E-state index contributed by atoms with van der Waals surface area (Å²) in [4.78, 5) is 0. The summed E-state index contributed by atoms with van der Waals surface area (Å²) >= 11 is 10.5. The van der Waals surface area contributed by atoms with Gasteiger partial charge in [-0.25, -0.2) is 10.2 Å². The van der Waals surface area contributed by atoms with Crippen LogP contribution in [0.2, 0.25) is 0 Å². The first-order valence-electron chi connectivity index (χ1n) is 13.4. The highest BCUT2D eigenvalue weighted by atomic mass is 32.1. The number of ether oxygens (including phenoxy) is 2. The van der Waals surface area contributed by atoms with Crippen LogP contribution in [0.5, 0.6) is 11.5 Å². The number of hydrogen-bond acceptors (Lipinski definition) is 8. The lowest BCUT2D eigenvalue weighted by molar-refractivity contribution is 0.414. The second-order valence-electron chi connectivity index (χ2n) is 9.10. The third-order valence-corrected chi connectivity index (χ3v) is 6.77. The maximum Gasteiger partial charge on any atom is 0.216 e. The predicted molar refractivity (Wildman–Crippen MR) is 178 cm³/mol. The molecule has 0 unspecified atom stereocenters. The van der Waals surface area contributed by atoms with E-state index in [1.165, 1.54) is 0 Å². The summed E-state index contributed by atoms with van der Waals surface area (Å²) < 4.78 is 14.4. The Morgan fingerprint density at radius 3 is 1.27 bits per heavy atom. The second kappa shape index (κ2) is 14.6. The summed E-state index contributed by atoms with van der Waals surface area (Å²) in [6.07, 6.45) is 3.50. The van der Waals surface area contributed by atoms with Crippen LogP contribution in [-0.2, 0) is 0 Å². The lowest BCUT2D eigenvalue weighted by atomic mass is 10.2. The van der Waals surface area contributed by atoms with Gasteiger partial charge < -0.3 is 9.47 Å². The molecule has 2 heterocycles. The Balaban J connectivity index is 0.000000175. The van der Waals surface area contributed by atoms with Crippen LogP contribution in [0, 0.1) is 9.54 Å². The highest BCUT2D eigenvalue weighted by molar-refractivity contribution is 7.71. The zero-order chi connectivity index (χ0) is 30.7. The van der Waals surface area contributed by atoms with Crippen LogP contribution >= 0.6 is 24.4 Å². The monoisotopic (exact) mass is 620 g/mol. The number of nitrogens with zero attached hydrogens (tertiary/aromatic N) is 6. The first kappa shape index (κ1) is 30.0. The molecular weight excluding hydrogens is 593 g/mol. The van der Waals surface area contributed by atoms with Crippen molar-refractivity contribution >= 4 is 36.9 Å². The molecule has 0 radical (unpaired) electrons. The van der Waals surface area contributed by atoms with Gasteiger partial charge in [-0.3, -0.25) is 0 Å². The minimum absolute atomic E-state index is 0.443. The van der Waals surface area contributed by atoms with Crippen molar-refractivity contribution < 1.29 is 9.47 Å². The Morgan fingerprint density at radius 2 is 0.932 bits per heavy atom. The van der Waals surface area contributed by atoms with E-state index >= 15 is 0 Å². The third-order valence-electron chi connectivity index (χ3n) is 6.24. The number of nitrogens with one attached hydrogen (secondary N) is 2. The average molecular weight is 621 g/mol. The second-order valence-corrected chi connectivity index (χ2v) is 9.87. The van der Waals surface area contributed by atoms with Crippen LogP contribution in [0.1, 0.15) is 11.1 Å². The molecule has 0 atom stereocenters. The van der Waals surface area contributed by atoms with Crippen molar-refractivity contribution in [3.05, 3.63) is 130 Å². The molecule has 12 heteroatoms. The summed E-state index contributed by atoms with van der Waals surface area (Å²) in [5, 5.41) is 22.9. The van der Waals surface area contributed by atoms with E-state index in [2.05, 4.69) is 30.6 Å². The molecule has 6 aromatic rings. The van der Waals surface area contributed by atoms with Crippen LogP contribution in [0.3, 0.4) is 0 Å². The molecule has 0 amide bonds. The van der Waals surface area contributed by atoms with Gasteiger partial charge in [0.15, 0.2) is 11.6 Å². The molecule has 0 aliphatic rings. The maximum absolute atomic E-state index is 5.24. The predicted octanol–water partition coefficient (Wildman–Crippen LogP) is 7.00. The van der Waals surface area contributed by atoms with Crippen LogP contribution in [0.25, 0.3) is 22.8 Å². The van der Waals surface area contributed by atoms with Gasteiger partial charge in [0, 0.05) is 11.1 Å². The molecule has 10 nitrogen and oxygen atoms in total. The third kappa shape index (κ3) is 7.48. The fraction of sp³-hybridized carbons (Fsp3) is 0.0625. The van der Waals surface area contributed by atoms with E-state index in [1.807, 2.05) is 109 Å². The highest BCUT2D eigenvalue weighted by Gasteiger charge is 2.09. The minimum atomic E-state index is 0.443. The van der Waals surface area contributed by atoms with Gasteiger partial charge in [-0.05, 0) is 84.1 Å². The molecule has 2 aromatic heterocycles. The molecule has 44 heavy (non-hydrogen) atoms. The van der Waals surface area contributed by atoms with Gasteiger partial charge in [0.1, 0.15) is 11.5 Å². The van der Waals surface area contributed by atoms with Gasteiger partial charge >= 0.3 is 0 Å². The zero-order valence-electron chi connectivity index (χ0n) is 23.9. The Hall–Kier alpha value is -5.46. The SMILES string of the molecule is COc1ccc(-c2n[nH]c(=S)n2N=Cc2ccccc2)cc1.COc1ccc(-c2n[nH]c(=S)n2N=Cc2ccccc2)cc1. The summed E-state index contributed by atoms with van der Waals surface area (Å²) in [6.45, 7) is 0. The molecule has 220 valence electrons. The fourth-order valence-corrected chi connectivity index (χ4v) is 4.34. The minimum Gasteiger partial charge on any atom is -0.497 e. The lowest BCUT2D eigenvalue weighted by Gasteiger charge is -2.03. The van der Waals surface area contributed by atoms with Crippen molar-refractivity contribution in [2.75, 3.05) is 14.2 Å². The topological polar surface area (TPSA) is 110 Å². The maximum atomic E-state index is 5.24. The summed E-state index contributed by atoms with van der Waals surface area (Å²) in [5.41, 5.74) is 3.79. The highest BCUT2D eigenvalue weighted by Crippen LogP contribution is 2.22. The molecule has 4 aromatic carbocycles. The van der Waals surface area contributed by atoms with Gasteiger partial charge in [-0.15, -0.1) is 0 Å². The first-order chi connectivity index (χ1) is 21.6. The standard InChI is InChI=1S/2C16H14N4OS/c2*1-21-14-9-7-13(8-10-14)15-18-19-16(22)20(15)17-11-12-5-3-2-4-6-12/h2*2-11H,1H3,(H,19,22). The van der Waals surface area contributed by atoms with E-state index in [4.69, 9.17) is 33.9 Å². The molecule has 0 aliphatic heterocycles. The van der Waals surface area contributed by atoms with E-state index in [9.17, 15) is 0 Å². The van der Waals surface area contributed by atoms with Crippen LogP contribution < -0.4 is 9.47 Å². The average Bonchev–Trinajstić information content (AvgIpc) is 3.65. The number of benzene rings is 4. The van der Waals surface area contributed by atoms with Gasteiger partial charge in [0.25, 0.3) is 0 Å². The number of hydrogen-bond donors (Lipinski definition) is 2. The van der Waals surface area contributed by atoms with E-state index in [0.717, 1.165) is 33.8 Å². The first-order valence-corrected chi connectivity index (χ1v) is 14.2. The molecule has 0 spiro atoms. The summed E-state index contributed by atoms with van der Waals surface area (Å²) in [6, 6.07) is 34.8. The normalized spacial score (nSPS) is 11.0.